The van der Waals surface area contributed by atoms with E-state index in [4.69, 9.17) is 0 Å². The van der Waals surface area contributed by atoms with Crippen LogP contribution in [0.15, 0.2) is 12.1 Å². The predicted molar refractivity (Wildman–Crippen MR) is 110 cm³/mol. The zero-order chi connectivity index (χ0) is 19.8. The van der Waals surface area contributed by atoms with Gasteiger partial charge in [-0.2, -0.15) is 10.5 Å². The van der Waals surface area contributed by atoms with Gasteiger partial charge in [-0.1, -0.05) is 55.4 Å². The Balaban J connectivity index is 3.32. The molecule has 2 rings (SSSR count). The predicted octanol–water partition coefficient (Wildman–Crippen LogP) is 7.08. The second-order valence-electron chi connectivity index (χ2n) is 8.45. The average molecular weight is 347 g/mol. The van der Waals surface area contributed by atoms with Gasteiger partial charge in [0.2, 0.25) is 0 Å². The second kappa shape index (κ2) is 7.51. The molecule has 0 bridgehead atoms. The van der Waals surface area contributed by atoms with Crippen molar-refractivity contribution in [1.82, 2.24) is 0 Å². The summed E-state index contributed by atoms with van der Waals surface area (Å²) in [5.74, 6) is 1.08. The zero-order valence-corrected chi connectivity index (χ0v) is 17.4. The molecule has 0 aromatic heterocycles. The molecule has 0 saturated heterocycles. The highest BCUT2D eigenvalue weighted by molar-refractivity contribution is 5.98. The van der Waals surface area contributed by atoms with Crippen LogP contribution < -0.4 is 0 Å². The van der Waals surface area contributed by atoms with Crippen molar-refractivity contribution in [3.8, 4) is 12.1 Å². The lowest BCUT2D eigenvalue weighted by atomic mass is 9.77. The maximum Gasteiger partial charge on any atom is 0.0994 e. The summed E-state index contributed by atoms with van der Waals surface area (Å²) in [6, 6.07) is 9.02. The standard InChI is InChI=1S/C24H30N2/c1-13(2)19-9-17(11-25)22(16(7)8)24-20(14(3)4)10-18(12-26)21(15(5)6)23(19)24/h9-10,13-16H,1-8H3. The quantitative estimate of drug-likeness (QED) is 0.594. The molecular formula is C24H30N2. The van der Waals surface area contributed by atoms with E-state index >= 15 is 0 Å². The summed E-state index contributed by atoms with van der Waals surface area (Å²) < 4.78 is 0. The van der Waals surface area contributed by atoms with E-state index in [0.717, 1.165) is 22.3 Å². The Morgan fingerprint density at radius 3 is 1.08 bits per heavy atom. The molecule has 26 heavy (non-hydrogen) atoms. The van der Waals surface area contributed by atoms with Crippen LogP contribution in [-0.4, -0.2) is 0 Å². The van der Waals surface area contributed by atoms with Gasteiger partial charge in [-0.25, -0.2) is 0 Å². The van der Waals surface area contributed by atoms with E-state index in [0.29, 0.717) is 0 Å². The van der Waals surface area contributed by atoms with Crippen LogP contribution in [0.3, 0.4) is 0 Å². The largest absolute Gasteiger partial charge is 0.192 e. The van der Waals surface area contributed by atoms with Crippen LogP contribution in [0.4, 0.5) is 0 Å². The smallest absolute Gasteiger partial charge is 0.0994 e. The van der Waals surface area contributed by atoms with Crippen LogP contribution in [-0.2, 0) is 0 Å². The molecule has 0 saturated carbocycles. The SMILES string of the molecule is CC(C)c1cc(C#N)c(C(C)C)c2c(C(C)C)cc(C#N)c(C(C)C)c12. The van der Waals surface area contributed by atoms with Gasteiger partial charge in [0.05, 0.1) is 23.3 Å². The van der Waals surface area contributed by atoms with Gasteiger partial charge < -0.3 is 0 Å². The maximum atomic E-state index is 9.84. The number of nitriles is 2. The Kier molecular flexibility index (Phi) is 5.77. The van der Waals surface area contributed by atoms with E-state index in [1.165, 1.54) is 21.9 Å². The van der Waals surface area contributed by atoms with Gasteiger partial charge in [-0.15, -0.1) is 0 Å². The minimum atomic E-state index is 0.249. The van der Waals surface area contributed by atoms with Crippen molar-refractivity contribution >= 4 is 10.8 Å². The first-order chi connectivity index (χ1) is 12.1. The molecule has 0 heterocycles. The Labute approximate surface area is 158 Å². The lowest BCUT2D eigenvalue weighted by Crippen LogP contribution is -2.08. The summed E-state index contributed by atoms with van der Waals surface area (Å²) in [4.78, 5) is 0. The van der Waals surface area contributed by atoms with Gasteiger partial charge in [-0.05, 0) is 68.8 Å². The molecule has 0 radical (unpaired) electrons. The number of hydrogen-bond donors (Lipinski definition) is 0. The Bertz CT molecular complexity index is 839. The lowest BCUT2D eigenvalue weighted by Gasteiger charge is -2.26. The summed E-state index contributed by atoms with van der Waals surface area (Å²) in [6.45, 7) is 17.3. The molecule has 0 spiro atoms. The molecule has 2 nitrogen and oxygen atoms in total. The highest BCUT2D eigenvalue weighted by atomic mass is 14.3. The van der Waals surface area contributed by atoms with E-state index in [1.807, 2.05) is 0 Å². The van der Waals surface area contributed by atoms with Gasteiger partial charge in [-0.3, -0.25) is 0 Å². The third-order valence-corrected chi connectivity index (χ3v) is 5.19. The molecule has 0 atom stereocenters. The average Bonchev–Trinajstić information content (AvgIpc) is 2.57. The molecule has 2 heteroatoms. The highest BCUT2D eigenvalue weighted by Crippen LogP contribution is 2.43. The fourth-order valence-corrected chi connectivity index (χ4v) is 4.04. The van der Waals surface area contributed by atoms with Crippen molar-refractivity contribution in [2.75, 3.05) is 0 Å². The minimum Gasteiger partial charge on any atom is -0.192 e. The fraction of sp³-hybridized carbons (Fsp3) is 0.500. The van der Waals surface area contributed by atoms with Crippen molar-refractivity contribution in [2.24, 2.45) is 0 Å². The van der Waals surface area contributed by atoms with Crippen LogP contribution in [0.1, 0.15) is 112 Å². The van der Waals surface area contributed by atoms with Gasteiger partial charge in [0, 0.05) is 0 Å². The number of rotatable bonds is 4. The molecule has 0 aliphatic heterocycles. The highest BCUT2D eigenvalue weighted by Gasteiger charge is 2.25. The van der Waals surface area contributed by atoms with Gasteiger partial charge in [0.1, 0.15) is 0 Å². The van der Waals surface area contributed by atoms with Crippen LogP contribution >= 0.6 is 0 Å². The monoisotopic (exact) mass is 346 g/mol. The van der Waals surface area contributed by atoms with Gasteiger partial charge >= 0.3 is 0 Å². The molecule has 0 aliphatic carbocycles. The molecule has 2 aromatic rings. The summed E-state index contributed by atoms with van der Waals surface area (Å²) in [5.41, 5.74) is 6.17. The number of fused-ring (bicyclic) bond motifs is 1. The third kappa shape index (κ3) is 3.22. The van der Waals surface area contributed by atoms with Gasteiger partial charge in [0.25, 0.3) is 0 Å². The first-order valence-electron chi connectivity index (χ1n) is 9.63. The summed E-state index contributed by atoms with van der Waals surface area (Å²) in [7, 11) is 0. The minimum absolute atomic E-state index is 0.249. The van der Waals surface area contributed by atoms with Crippen molar-refractivity contribution in [3.05, 3.63) is 45.5 Å². The van der Waals surface area contributed by atoms with E-state index in [1.54, 1.807) is 0 Å². The maximum absolute atomic E-state index is 9.84. The zero-order valence-electron chi connectivity index (χ0n) is 17.4. The summed E-state index contributed by atoms with van der Waals surface area (Å²) in [5, 5.41) is 22.1. The molecule has 136 valence electrons. The van der Waals surface area contributed by atoms with Crippen LogP contribution in [0.2, 0.25) is 0 Å². The normalized spacial score (nSPS) is 11.6. The van der Waals surface area contributed by atoms with Crippen molar-refractivity contribution < 1.29 is 0 Å². The molecule has 0 unspecified atom stereocenters. The van der Waals surface area contributed by atoms with Gasteiger partial charge in [0.15, 0.2) is 0 Å². The number of hydrogen-bond acceptors (Lipinski definition) is 2. The second-order valence-corrected chi connectivity index (χ2v) is 8.45. The molecule has 2 aromatic carbocycles. The van der Waals surface area contributed by atoms with Crippen molar-refractivity contribution in [1.29, 1.82) is 10.5 Å². The summed E-state index contributed by atoms with van der Waals surface area (Å²) >= 11 is 0. The van der Waals surface area contributed by atoms with Crippen molar-refractivity contribution in [3.63, 3.8) is 0 Å². The Hall–Kier alpha value is -2.32. The number of benzene rings is 2. The Morgan fingerprint density at radius 1 is 0.577 bits per heavy atom. The molecule has 0 amide bonds. The van der Waals surface area contributed by atoms with E-state index < -0.39 is 0 Å². The Morgan fingerprint density at radius 2 is 0.885 bits per heavy atom. The summed E-state index contributed by atoms with van der Waals surface area (Å²) in [6.07, 6.45) is 0. The topological polar surface area (TPSA) is 47.6 Å². The van der Waals surface area contributed by atoms with E-state index in [-0.39, 0.29) is 23.7 Å². The van der Waals surface area contributed by atoms with Crippen LogP contribution in [0, 0.1) is 22.7 Å². The number of nitrogens with zero attached hydrogens (tertiary/aromatic N) is 2. The third-order valence-electron chi connectivity index (χ3n) is 5.19. The lowest BCUT2D eigenvalue weighted by molar-refractivity contribution is 0.827. The molecule has 0 N–H and O–H groups in total. The molecule has 0 fully saturated rings. The van der Waals surface area contributed by atoms with E-state index in [9.17, 15) is 10.5 Å². The van der Waals surface area contributed by atoms with E-state index in [2.05, 4.69) is 79.7 Å². The first-order valence-corrected chi connectivity index (χ1v) is 9.63. The van der Waals surface area contributed by atoms with Crippen molar-refractivity contribution in [2.45, 2.75) is 79.1 Å². The molecular weight excluding hydrogens is 316 g/mol. The van der Waals surface area contributed by atoms with Crippen LogP contribution in [0.5, 0.6) is 0 Å². The fourth-order valence-electron chi connectivity index (χ4n) is 4.04. The molecule has 0 aliphatic rings. The van der Waals surface area contributed by atoms with Crippen LogP contribution in [0.25, 0.3) is 10.8 Å². The first kappa shape index (κ1) is 20.0.